The maximum atomic E-state index is 11.5. The van der Waals surface area contributed by atoms with Gasteiger partial charge in [0.05, 0.1) is 25.5 Å². The highest BCUT2D eigenvalue weighted by Gasteiger charge is 2.06. The molecule has 2 rings (SSSR count). The summed E-state index contributed by atoms with van der Waals surface area (Å²) in [6, 6.07) is 11.5. The Labute approximate surface area is 154 Å². The van der Waals surface area contributed by atoms with Gasteiger partial charge in [0, 0.05) is 19.0 Å². The van der Waals surface area contributed by atoms with Gasteiger partial charge in [-0.25, -0.2) is 9.79 Å². The number of furan rings is 1. The summed E-state index contributed by atoms with van der Waals surface area (Å²) in [5.74, 6) is 1.38. The van der Waals surface area contributed by atoms with Gasteiger partial charge < -0.3 is 19.8 Å². The molecule has 0 fully saturated rings. The first-order chi connectivity index (χ1) is 12.6. The summed E-state index contributed by atoms with van der Waals surface area (Å²) in [5, 5.41) is 6.73. The Bertz CT molecular complexity index is 694. The van der Waals surface area contributed by atoms with Gasteiger partial charge in [-0.15, -0.1) is 0 Å². The Morgan fingerprint density at radius 2 is 2.04 bits per heavy atom. The smallest absolute Gasteiger partial charge is 0.337 e. The predicted molar refractivity (Wildman–Crippen MR) is 102 cm³/mol. The minimum Gasteiger partial charge on any atom is -0.469 e. The number of methoxy groups -OCH3 is 1. The Balaban J connectivity index is 1.95. The summed E-state index contributed by atoms with van der Waals surface area (Å²) in [4.78, 5) is 16.1. The average molecular weight is 357 g/mol. The lowest BCUT2D eigenvalue weighted by Crippen LogP contribution is -2.42. The van der Waals surface area contributed by atoms with Gasteiger partial charge in [0.15, 0.2) is 5.96 Å². The minimum absolute atomic E-state index is 0.326. The van der Waals surface area contributed by atoms with Crippen LogP contribution in [-0.2, 0) is 17.7 Å². The zero-order valence-corrected chi connectivity index (χ0v) is 15.6. The number of benzene rings is 1. The first-order valence-corrected chi connectivity index (χ1v) is 8.86. The number of guanidine groups is 1. The van der Waals surface area contributed by atoms with Crippen LogP contribution in [-0.4, -0.2) is 31.6 Å². The van der Waals surface area contributed by atoms with Crippen LogP contribution in [0.3, 0.4) is 0 Å². The molecule has 26 heavy (non-hydrogen) atoms. The second kappa shape index (κ2) is 10.3. The lowest BCUT2D eigenvalue weighted by atomic mass is 10.1. The number of rotatable bonds is 8. The topological polar surface area (TPSA) is 75.9 Å². The molecular formula is C20H27N3O3. The summed E-state index contributed by atoms with van der Waals surface area (Å²) in [7, 11) is 1.38. The lowest BCUT2D eigenvalue weighted by Gasteiger charge is -2.17. The molecule has 0 saturated heterocycles. The molecule has 0 saturated carbocycles. The molecule has 1 unspecified atom stereocenters. The van der Waals surface area contributed by atoms with Gasteiger partial charge in [0.2, 0.25) is 0 Å². The number of esters is 1. The molecule has 6 nitrogen and oxygen atoms in total. The Kier molecular flexibility index (Phi) is 7.74. The van der Waals surface area contributed by atoms with Crippen LogP contribution in [0.1, 0.15) is 41.9 Å². The summed E-state index contributed by atoms with van der Waals surface area (Å²) >= 11 is 0. The second-order valence-corrected chi connectivity index (χ2v) is 6.06. The van der Waals surface area contributed by atoms with E-state index in [2.05, 4.69) is 29.5 Å². The van der Waals surface area contributed by atoms with E-state index in [-0.39, 0.29) is 5.97 Å². The summed E-state index contributed by atoms with van der Waals surface area (Å²) < 4.78 is 10.1. The van der Waals surface area contributed by atoms with Gasteiger partial charge >= 0.3 is 5.97 Å². The van der Waals surface area contributed by atoms with Crippen LogP contribution in [0.15, 0.2) is 52.1 Å². The SMILES string of the molecule is CCC(C)NC(=NCc1ccc(C(=O)OC)cc1)NCCc1ccco1. The van der Waals surface area contributed by atoms with Crippen molar-refractivity contribution in [1.82, 2.24) is 10.6 Å². The Morgan fingerprint density at radius 1 is 1.27 bits per heavy atom. The van der Waals surface area contributed by atoms with Gasteiger partial charge in [-0.1, -0.05) is 19.1 Å². The van der Waals surface area contributed by atoms with E-state index in [0.29, 0.717) is 18.2 Å². The zero-order chi connectivity index (χ0) is 18.8. The minimum atomic E-state index is -0.334. The van der Waals surface area contributed by atoms with Crippen LogP contribution < -0.4 is 10.6 Å². The molecule has 0 radical (unpaired) electrons. The number of aliphatic imine (C=N–C) groups is 1. The maximum absolute atomic E-state index is 11.5. The molecule has 1 heterocycles. The molecule has 1 atom stereocenters. The Morgan fingerprint density at radius 3 is 2.65 bits per heavy atom. The van der Waals surface area contributed by atoms with E-state index < -0.39 is 0 Å². The van der Waals surface area contributed by atoms with Gasteiger partial charge in [0.1, 0.15) is 5.76 Å². The van der Waals surface area contributed by atoms with Crippen molar-refractivity contribution in [3.63, 3.8) is 0 Å². The molecule has 0 spiro atoms. The van der Waals surface area contributed by atoms with Crippen molar-refractivity contribution in [2.45, 2.75) is 39.3 Å². The molecule has 2 aromatic rings. The van der Waals surface area contributed by atoms with Crippen LogP contribution in [0, 0.1) is 0 Å². The molecular weight excluding hydrogens is 330 g/mol. The molecule has 0 aliphatic rings. The standard InChI is InChI=1S/C20H27N3O3/c1-4-15(2)23-20(21-12-11-18-6-5-13-26-18)22-14-16-7-9-17(10-8-16)19(24)25-3/h5-10,13,15H,4,11-12,14H2,1-3H3,(H2,21,22,23). The molecule has 1 aromatic heterocycles. The van der Waals surface area contributed by atoms with Gasteiger partial charge in [-0.3, -0.25) is 0 Å². The quantitative estimate of drug-likeness (QED) is 0.431. The fourth-order valence-electron chi connectivity index (χ4n) is 2.28. The van der Waals surface area contributed by atoms with E-state index in [0.717, 1.165) is 36.7 Å². The highest BCUT2D eigenvalue weighted by Crippen LogP contribution is 2.07. The van der Waals surface area contributed by atoms with E-state index in [9.17, 15) is 4.79 Å². The lowest BCUT2D eigenvalue weighted by molar-refractivity contribution is 0.0600. The third-order valence-electron chi connectivity index (χ3n) is 4.03. The van der Waals surface area contributed by atoms with Gasteiger partial charge in [-0.2, -0.15) is 0 Å². The molecule has 0 amide bonds. The van der Waals surface area contributed by atoms with Crippen molar-refractivity contribution in [3.05, 3.63) is 59.5 Å². The molecule has 0 aliphatic heterocycles. The van der Waals surface area contributed by atoms with Crippen molar-refractivity contribution >= 4 is 11.9 Å². The van der Waals surface area contributed by atoms with Crippen LogP contribution in [0.5, 0.6) is 0 Å². The first-order valence-electron chi connectivity index (χ1n) is 8.86. The van der Waals surface area contributed by atoms with Gasteiger partial charge in [-0.05, 0) is 43.2 Å². The Hall–Kier alpha value is -2.76. The molecule has 0 aliphatic carbocycles. The third kappa shape index (κ3) is 6.27. The highest BCUT2D eigenvalue weighted by molar-refractivity contribution is 5.89. The average Bonchev–Trinajstić information content (AvgIpc) is 3.19. The number of ether oxygens (including phenoxy) is 1. The third-order valence-corrected chi connectivity index (χ3v) is 4.03. The molecule has 1 aromatic carbocycles. The van der Waals surface area contributed by atoms with Gasteiger partial charge in [0.25, 0.3) is 0 Å². The van der Waals surface area contributed by atoms with Crippen LogP contribution in [0.2, 0.25) is 0 Å². The van der Waals surface area contributed by atoms with E-state index in [4.69, 9.17) is 9.15 Å². The number of carbonyl (C=O) groups is 1. The predicted octanol–water partition coefficient (Wildman–Crippen LogP) is 3.14. The van der Waals surface area contributed by atoms with Crippen molar-refractivity contribution in [3.8, 4) is 0 Å². The van der Waals surface area contributed by atoms with E-state index in [1.165, 1.54) is 7.11 Å². The van der Waals surface area contributed by atoms with Crippen LogP contribution >= 0.6 is 0 Å². The molecule has 6 heteroatoms. The van der Waals surface area contributed by atoms with E-state index in [1.807, 2.05) is 24.3 Å². The number of hydrogen-bond acceptors (Lipinski definition) is 4. The van der Waals surface area contributed by atoms with Crippen LogP contribution in [0.25, 0.3) is 0 Å². The first kappa shape index (κ1) is 19.6. The van der Waals surface area contributed by atoms with Crippen molar-refractivity contribution < 1.29 is 13.9 Å². The molecule has 140 valence electrons. The fourth-order valence-corrected chi connectivity index (χ4v) is 2.28. The van der Waals surface area contributed by atoms with Crippen LogP contribution in [0.4, 0.5) is 0 Å². The number of hydrogen-bond donors (Lipinski definition) is 2. The zero-order valence-electron chi connectivity index (χ0n) is 15.6. The normalized spacial score (nSPS) is 12.5. The van der Waals surface area contributed by atoms with Crippen molar-refractivity contribution in [2.75, 3.05) is 13.7 Å². The second-order valence-electron chi connectivity index (χ2n) is 6.06. The maximum Gasteiger partial charge on any atom is 0.337 e. The van der Waals surface area contributed by atoms with E-state index >= 15 is 0 Å². The summed E-state index contributed by atoms with van der Waals surface area (Å²) in [6.45, 7) is 5.50. The van der Waals surface area contributed by atoms with Crippen molar-refractivity contribution in [2.24, 2.45) is 4.99 Å². The monoisotopic (exact) mass is 357 g/mol. The molecule has 0 bridgehead atoms. The summed E-state index contributed by atoms with van der Waals surface area (Å²) in [6.07, 6.45) is 3.48. The molecule has 2 N–H and O–H groups in total. The summed E-state index contributed by atoms with van der Waals surface area (Å²) in [5.41, 5.74) is 1.56. The fraction of sp³-hybridized carbons (Fsp3) is 0.400. The van der Waals surface area contributed by atoms with Crippen molar-refractivity contribution in [1.29, 1.82) is 0 Å². The number of carbonyl (C=O) groups excluding carboxylic acids is 1. The van der Waals surface area contributed by atoms with E-state index in [1.54, 1.807) is 18.4 Å². The number of nitrogens with zero attached hydrogens (tertiary/aromatic N) is 1. The highest BCUT2D eigenvalue weighted by atomic mass is 16.5. The largest absolute Gasteiger partial charge is 0.469 e. The number of nitrogens with one attached hydrogen (secondary N) is 2.